The summed E-state index contributed by atoms with van der Waals surface area (Å²) in [6.07, 6.45) is 0.890. The maximum Gasteiger partial charge on any atom is 0.311 e. The average Bonchev–Trinajstić information content (AvgIpc) is 2.85. The van der Waals surface area contributed by atoms with Crippen LogP contribution in [0.25, 0.3) is 0 Å². The second kappa shape index (κ2) is 11.0. The fraction of sp³-hybridized carbons (Fsp3) is 0.231. The Morgan fingerprint density at radius 1 is 1.09 bits per heavy atom. The summed E-state index contributed by atoms with van der Waals surface area (Å²) in [5.74, 6) is -0.649. The number of halogens is 3. The normalized spacial score (nSPS) is 14.5. The van der Waals surface area contributed by atoms with E-state index in [1.165, 1.54) is 0 Å². The minimum Gasteiger partial charge on any atom is -0.493 e. The first-order valence-electron chi connectivity index (χ1n) is 10.9. The van der Waals surface area contributed by atoms with Crippen molar-refractivity contribution < 1.29 is 28.6 Å². The van der Waals surface area contributed by atoms with Crippen molar-refractivity contribution in [3.05, 3.63) is 86.9 Å². The van der Waals surface area contributed by atoms with Crippen LogP contribution in [0.1, 0.15) is 39.4 Å². The third kappa shape index (κ3) is 5.86. The van der Waals surface area contributed by atoms with Crippen molar-refractivity contribution >= 4 is 35.1 Å². The maximum absolute atomic E-state index is 12.7. The Kier molecular flexibility index (Phi) is 7.78. The Morgan fingerprint density at radius 2 is 1.86 bits per heavy atom. The molecule has 0 radical (unpaired) electrons. The Morgan fingerprint density at radius 3 is 2.54 bits per heavy atom. The number of carbonyl (C=O) groups is 2. The molecule has 2 N–H and O–H groups in total. The van der Waals surface area contributed by atoms with Crippen LogP contribution in [-0.2, 0) is 17.9 Å². The molecule has 0 spiro atoms. The Balaban J connectivity index is 1.37. The van der Waals surface area contributed by atoms with Gasteiger partial charge in [-0.3, -0.25) is 9.59 Å². The lowest BCUT2D eigenvalue weighted by Gasteiger charge is -2.24. The molecule has 3 aromatic rings. The van der Waals surface area contributed by atoms with Crippen LogP contribution in [0.2, 0.25) is 10.0 Å². The van der Waals surface area contributed by atoms with Gasteiger partial charge in [-0.15, -0.1) is 0 Å². The number of amides is 1. The van der Waals surface area contributed by atoms with Crippen LogP contribution in [0.3, 0.4) is 0 Å². The van der Waals surface area contributed by atoms with E-state index in [0.29, 0.717) is 65.0 Å². The summed E-state index contributed by atoms with van der Waals surface area (Å²) in [5, 5.41) is 13.0. The lowest BCUT2D eigenvalue weighted by Crippen LogP contribution is -2.25. The van der Waals surface area contributed by atoms with Crippen LogP contribution in [0.4, 0.5) is 4.39 Å². The minimum atomic E-state index is -0.925. The highest BCUT2D eigenvalue weighted by atomic mass is 35.5. The molecule has 0 aliphatic carbocycles. The van der Waals surface area contributed by atoms with Crippen molar-refractivity contribution in [2.24, 2.45) is 0 Å². The summed E-state index contributed by atoms with van der Waals surface area (Å²) in [6.45, 7) is 0.0892. The van der Waals surface area contributed by atoms with Gasteiger partial charge in [-0.25, -0.2) is 4.39 Å². The third-order valence-electron chi connectivity index (χ3n) is 5.70. The highest BCUT2D eigenvalue weighted by molar-refractivity contribution is 6.32. The SMILES string of the molecule is O=C(NCCc1ccc(CF)cc1Cl)c1ccc(Oc2cc3c(cc2Cl)C(C(=O)O)CCO3)cc1. The number of rotatable bonds is 8. The minimum absolute atomic E-state index is 0.257. The first kappa shape index (κ1) is 24.8. The van der Waals surface area contributed by atoms with Crippen LogP contribution >= 0.6 is 23.2 Å². The van der Waals surface area contributed by atoms with Crippen LogP contribution in [0, 0.1) is 0 Å². The molecule has 3 aromatic carbocycles. The molecular formula is C26H22Cl2FNO5. The molecule has 1 unspecified atom stereocenters. The number of carboxylic acid groups (broad SMARTS) is 1. The predicted molar refractivity (Wildman–Crippen MR) is 131 cm³/mol. The van der Waals surface area contributed by atoms with E-state index in [2.05, 4.69) is 5.32 Å². The molecule has 0 saturated carbocycles. The highest BCUT2D eigenvalue weighted by Crippen LogP contribution is 2.41. The third-order valence-corrected chi connectivity index (χ3v) is 6.35. The van der Waals surface area contributed by atoms with Gasteiger partial charge in [0.05, 0.1) is 17.5 Å². The van der Waals surface area contributed by atoms with E-state index in [0.717, 1.165) is 5.56 Å². The molecule has 4 rings (SSSR count). The molecule has 1 aliphatic heterocycles. The maximum atomic E-state index is 12.7. The summed E-state index contributed by atoms with van der Waals surface area (Å²) in [6, 6.07) is 14.7. The first-order chi connectivity index (χ1) is 16.9. The second-order valence-electron chi connectivity index (χ2n) is 8.04. The van der Waals surface area contributed by atoms with E-state index < -0.39 is 18.6 Å². The van der Waals surface area contributed by atoms with Crippen LogP contribution in [0.15, 0.2) is 54.6 Å². The fourth-order valence-corrected chi connectivity index (χ4v) is 4.32. The van der Waals surface area contributed by atoms with Gasteiger partial charge in [0, 0.05) is 28.8 Å². The van der Waals surface area contributed by atoms with Gasteiger partial charge >= 0.3 is 5.97 Å². The monoisotopic (exact) mass is 517 g/mol. The molecule has 0 fully saturated rings. The lowest BCUT2D eigenvalue weighted by atomic mass is 9.93. The van der Waals surface area contributed by atoms with Gasteiger partial charge < -0.3 is 19.9 Å². The smallest absolute Gasteiger partial charge is 0.311 e. The molecule has 1 atom stereocenters. The van der Waals surface area contributed by atoms with Gasteiger partial charge in [0.2, 0.25) is 0 Å². The molecule has 9 heteroatoms. The molecular weight excluding hydrogens is 496 g/mol. The topological polar surface area (TPSA) is 84.9 Å². The number of hydrogen-bond donors (Lipinski definition) is 2. The molecule has 0 bridgehead atoms. The average molecular weight is 518 g/mol. The Hall–Kier alpha value is -3.29. The van der Waals surface area contributed by atoms with E-state index in [4.69, 9.17) is 32.7 Å². The van der Waals surface area contributed by atoms with Crippen molar-refractivity contribution in [3.63, 3.8) is 0 Å². The van der Waals surface area contributed by atoms with Gasteiger partial charge in [0.25, 0.3) is 5.91 Å². The zero-order chi connectivity index (χ0) is 24.9. The van der Waals surface area contributed by atoms with E-state index >= 15 is 0 Å². The van der Waals surface area contributed by atoms with E-state index in [-0.39, 0.29) is 10.9 Å². The molecule has 1 amide bonds. The van der Waals surface area contributed by atoms with E-state index in [1.54, 1.807) is 54.6 Å². The predicted octanol–water partition coefficient (Wildman–Crippen LogP) is 6.18. The van der Waals surface area contributed by atoms with Crippen LogP contribution < -0.4 is 14.8 Å². The number of aliphatic carboxylic acids is 1. The van der Waals surface area contributed by atoms with Crippen molar-refractivity contribution in [1.82, 2.24) is 5.32 Å². The number of carbonyl (C=O) groups excluding carboxylic acids is 1. The van der Waals surface area contributed by atoms with Gasteiger partial charge in [-0.2, -0.15) is 0 Å². The first-order valence-corrected chi connectivity index (χ1v) is 11.7. The van der Waals surface area contributed by atoms with Crippen LogP contribution in [-0.4, -0.2) is 30.1 Å². The number of fused-ring (bicyclic) bond motifs is 1. The Bertz CT molecular complexity index is 1250. The molecule has 182 valence electrons. The summed E-state index contributed by atoms with van der Waals surface area (Å²) in [7, 11) is 0. The second-order valence-corrected chi connectivity index (χ2v) is 8.85. The zero-order valence-electron chi connectivity index (χ0n) is 18.5. The number of benzene rings is 3. The highest BCUT2D eigenvalue weighted by Gasteiger charge is 2.29. The number of nitrogens with one attached hydrogen (secondary N) is 1. The summed E-state index contributed by atoms with van der Waals surface area (Å²) in [5.41, 5.74) is 2.31. The van der Waals surface area contributed by atoms with Gasteiger partial charge in [-0.1, -0.05) is 35.3 Å². The largest absolute Gasteiger partial charge is 0.493 e. The summed E-state index contributed by atoms with van der Waals surface area (Å²) < 4.78 is 24.1. The summed E-state index contributed by atoms with van der Waals surface area (Å²) in [4.78, 5) is 24.0. The van der Waals surface area contributed by atoms with Gasteiger partial charge in [0.15, 0.2) is 0 Å². The van der Waals surface area contributed by atoms with Gasteiger partial charge in [-0.05, 0) is 60.4 Å². The lowest BCUT2D eigenvalue weighted by molar-refractivity contribution is -0.139. The zero-order valence-corrected chi connectivity index (χ0v) is 20.0. The molecule has 0 aromatic heterocycles. The molecule has 35 heavy (non-hydrogen) atoms. The van der Waals surface area contributed by atoms with Crippen molar-refractivity contribution in [3.8, 4) is 17.2 Å². The number of carboxylic acids is 1. The van der Waals surface area contributed by atoms with Crippen molar-refractivity contribution in [2.45, 2.75) is 25.4 Å². The van der Waals surface area contributed by atoms with Crippen molar-refractivity contribution in [2.75, 3.05) is 13.2 Å². The number of hydrogen-bond acceptors (Lipinski definition) is 4. The van der Waals surface area contributed by atoms with E-state index in [1.807, 2.05) is 0 Å². The van der Waals surface area contributed by atoms with Gasteiger partial charge in [0.1, 0.15) is 23.9 Å². The van der Waals surface area contributed by atoms with E-state index in [9.17, 15) is 19.1 Å². The quantitative estimate of drug-likeness (QED) is 0.372. The molecule has 6 nitrogen and oxygen atoms in total. The fourth-order valence-electron chi connectivity index (χ4n) is 3.82. The summed E-state index contributed by atoms with van der Waals surface area (Å²) >= 11 is 12.5. The molecule has 1 aliphatic rings. The van der Waals surface area contributed by atoms with Crippen molar-refractivity contribution in [1.29, 1.82) is 0 Å². The Labute approximate surface area is 211 Å². The number of ether oxygens (including phenoxy) is 2. The standard InChI is InChI=1S/C26H22Cl2FNO5/c27-21-11-15(14-29)1-2-16(21)7-9-30-25(31)17-3-5-18(6-4-17)35-24-13-23-20(12-22(24)28)19(26(32)33)8-10-34-23/h1-6,11-13,19H,7-10,14H2,(H,30,31)(H,32,33). The number of alkyl halides is 1. The van der Waals surface area contributed by atoms with Crippen LogP contribution in [0.5, 0.6) is 17.2 Å². The molecule has 0 saturated heterocycles. The molecule has 1 heterocycles.